The van der Waals surface area contributed by atoms with Crippen LogP contribution in [-0.4, -0.2) is 43.2 Å². The Hall–Kier alpha value is -2.24. The highest BCUT2D eigenvalue weighted by Gasteiger charge is 2.31. The molecule has 1 heterocycles. The van der Waals surface area contributed by atoms with Gasteiger partial charge in [-0.15, -0.1) is 0 Å². The van der Waals surface area contributed by atoms with Crippen LogP contribution < -0.4 is 14.8 Å². The number of benzene rings is 2. The molecule has 0 aliphatic carbocycles. The van der Waals surface area contributed by atoms with Crippen LogP contribution in [0.5, 0.6) is 11.5 Å². The van der Waals surface area contributed by atoms with Crippen LogP contribution in [0.1, 0.15) is 44.7 Å². The molecule has 0 aromatic heterocycles. The van der Waals surface area contributed by atoms with E-state index in [2.05, 4.69) is 22.3 Å². The van der Waals surface area contributed by atoms with E-state index in [1.807, 2.05) is 12.1 Å². The number of carbonyl (C=O) groups excluding carboxylic acids is 1. The molecule has 30 heavy (non-hydrogen) atoms. The zero-order chi connectivity index (χ0) is 21.6. The van der Waals surface area contributed by atoms with E-state index in [1.54, 1.807) is 45.2 Å². The summed E-state index contributed by atoms with van der Waals surface area (Å²) in [6, 6.07) is 15.3. The number of carbonyl (C=O) groups is 1. The van der Waals surface area contributed by atoms with Gasteiger partial charge in [-0.05, 0) is 81.7 Å². The molecule has 1 aliphatic rings. The quantitative estimate of drug-likeness (QED) is 0.650. The second-order valence-corrected chi connectivity index (χ2v) is 8.60. The number of hydrogen-bond donors (Lipinski definition) is 1. The lowest BCUT2D eigenvalue weighted by atomic mass is 10.0. The second kappa shape index (κ2) is 10.2. The lowest BCUT2D eigenvalue weighted by Gasteiger charge is -2.36. The molecular formula is C24H31ClN2O3. The predicted octanol–water partition coefficient (Wildman–Crippen LogP) is 4.85. The Morgan fingerprint density at radius 3 is 2.23 bits per heavy atom. The topological polar surface area (TPSA) is 50.8 Å². The molecule has 162 valence electrons. The van der Waals surface area contributed by atoms with Crippen LogP contribution >= 0.6 is 11.6 Å². The molecule has 1 atom stereocenters. The van der Waals surface area contributed by atoms with E-state index >= 15 is 0 Å². The van der Waals surface area contributed by atoms with Crippen molar-refractivity contribution in [2.75, 3.05) is 26.7 Å². The van der Waals surface area contributed by atoms with Crippen molar-refractivity contribution in [3.05, 3.63) is 59.1 Å². The third kappa shape index (κ3) is 5.89. The number of hydrogen-bond acceptors (Lipinski definition) is 4. The Kier molecular flexibility index (Phi) is 7.62. The molecule has 1 aliphatic heterocycles. The van der Waals surface area contributed by atoms with Crippen molar-refractivity contribution < 1.29 is 14.3 Å². The van der Waals surface area contributed by atoms with Gasteiger partial charge in [0.25, 0.3) is 5.91 Å². The molecule has 0 radical (unpaired) electrons. The highest BCUT2D eigenvalue weighted by atomic mass is 35.5. The van der Waals surface area contributed by atoms with E-state index in [1.165, 1.54) is 24.8 Å². The minimum Gasteiger partial charge on any atom is -0.497 e. The Morgan fingerprint density at radius 1 is 1.03 bits per heavy atom. The fraction of sp³-hybridized carbons (Fsp3) is 0.458. The summed E-state index contributed by atoms with van der Waals surface area (Å²) in [4.78, 5) is 15.4. The third-order valence-corrected chi connectivity index (χ3v) is 5.77. The molecule has 3 rings (SSSR count). The molecule has 0 unspecified atom stereocenters. The Balaban J connectivity index is 1.68. The fourth-order valence-electron chi connectivity index (χ4n) is 3.76. The van der Waals surface area contributed by atoms with E-state index in [0.29, 0.717) is 17.3 Å². The van der Waals surface area contributed by atoms with Gasteiger partial charge in [0, 0.05) is 11.6 Å². The number of nitrogens with zero attached hydrogens (tertiary/aromatic N) is 1. The molecule has 0 spiro atoms. The maximum absolute atomic E-state index is 13.0. The first kappa shape index (κ1) is 22.4. The molecule has 1 N–H and O–H groups in total. The molecule has 1 amide bonds. The van der Waals surface area contributed by atoms with Gasteiger partial charge >= 0.3 is 0 Å². The number of amides is 1. The number of methoxy groups -OCH3 is 1. The minimum atomic E-state index is -1.000. The molecule has 0 saturated carbocycles. The summed E-state index contributed by atoms with van der Waals surface area (Å²) in [5.74, 6) is 1.30. The van der Waals surface area contributed by atoms with Gasteiger partial charge in [0.2, 0.25) is 0 Å². The lowest BCUT2D eigenvalue weighted by molar-refractivity contribution is -0.134. The van der Waals surface area contributed by atoms with Crippen LogP contribution in [0.3, 0.4) is 0 Å². The largest absolute Gasteiger partial charge is 0.497 e. The van der Waals surface area contributed by atoms with Crippen molar-refractivity contribution >= 4 is 17.5 Å². The number of piperidine rings is 1. The van der Waals surface area contributed by atoms with Crippen LogP contribution in [-0.2, 0) is 4.79 Å². The summed E-state index contributed by atoms with van der Waals surface area (Å²) in [5, 5.41) is 3.75. The van der Waals surface area contributed by atoms with Crippen molar-refractivity contribution in [2.45, 2.75) is 44.8 Å². The average Bonchev–Trinajstić information content (AvgIpc) is 2.76. The van der Waals surface area contributed by atoms with Gasteiger partial charge in [-0.1, -0.05) is 30.2 Å². The summed E-state index contributed by atoms with van der Waals surface area (Å²) in [5.41, 5.74) is 0.176. The molecule has 2 aromatic carbocycles. The van der Waals surface area contributed by atoms with E-state index in [-0.39, 0.29) is 11.9 Å². The van der Waals surface area contributed by atoms with E-state index in [4.69, 9.17) is 21.1 Å². The van der Waals surface area contributed by atoms with Crippen LogP contribution in [0.4, 0.5) is 0 Å². The Bertz CT molecular complexity index is 815. The minimum absolute atomic E-state index is 0.117. The first-order valence-electron chi connectivity index (χ1n) is 10.5. The van der Waals surface area contributed by atoms with E-state index < -0.39 is 5.60 Å². The van der Waals surface area contributed by atoms with Crippen molar-refractivity contribution in [1.82, 2.24) is 10.2 Å². The first-order valence-corrected chi connectivity index (χ1v) is 10.9. The molecule has 1 saturated heterocycles. The second-order valence-electron chi connectivity index (χ2n) is 8.16. The van der Waals surface area contributed by atoms with Crippen LogP contribution in [0.25, 0.3) is 0 Å². The maximum atomic E-state index is 13.0. The smallest absolute Gasteiger partial charge is 0.263 e. The van der Waals surface area contributed by atoms with Gasteiger partial charge in [-0.2, -0.15) is 0 Å². The van der Waals surface area contributed by atoms with E-state index in [0.717, 1.165) is 18.8 Å². The van der Waals surface area contributed by atoms with Gasteiger partial charge in [0.05, 0.1) is 13.2 Å². The number of rotatable bonds is 8. The zero-order valence-electron chi connectivity index (χ0n) is 18.0. The zero-order valence-corrected chi connectivity index (χ0v) is 18.7. The maximum Gasteiger partial charge on any atom is 0.263 e. The van der Waals surface area contributed by atoms with Crippen LogP contribution in [0.2, 0.25) is 5.02 Å². The molecule has 1 fully saturated rings. The summed E-state index contributed by atoms with van der Waals surface area (Å²) in [7, 11) is 1.67. The average molecular weight is 431 g/mol. The van der Waals surface area contributed by atoms with E-state index in [9.17, 15) is 4.79 Å². The van der Waals surface area contributed by atoms with Gasteiger partial charge in [-0.3, -0.25) is 9.69 Å². The predicted molar refractivity (Wildman–Crippen MR) is 120 cm³/mol. The molecular weight excluding hydrogens is 400 g/mol. The summed E-state index contributed by atoms with van der Waals surface area (Å²) >= 11 is 5.93. The number of ether oxygens (including phenoxy) is 2. The summed E-state index contributed by atoms with van der Waals surface area (Å²) < 4.78 is 11.2. The normalized spacial score (nSPS) is 16.0. The number of halogens is 1. The monoisotopic (exact) mass is 430 g/mol. The first-order chi connectivity index (χ1) is 14.4. The van der Waals surface area contributed by atoms with Gasteiger partial charge in [0.15, 0.2) is 5.60 Å². The fourth-order valence-corrected chi connectivity index (χ4v) is 3.89. The van der Waals surface area contributed by atoms with Crippen LogP contribution in [0, 0.1) is 0 Å². The Labute approximate surface area is 184 Å². The highest BCUT2D eigenvalue weighted by molar-refractivity contribution is 6.30. The third-order valence-electron chi connectivity index (χ3n) is 5.52. The van der Waals surface area contributed by atoms with Gasteiger partial charge < -0.3 is 14.8 Å². The molecule has 2 aromatic rings. The number of nitrogens with one attached hydrogen (secondary N) is 1. The van der Waals surface area contributed by atoms with Gasteiger partial charge in [-0.25, -0.2) is 0 Å². The highest BCUT2D eigenvalue weighted by Crippen LogP contribution is 2.26. The van der Waals surface area contributed by atoms with Crippen molar-refractivity contribution in [1.29, 1.82) is 0 Å². The van der Waals surface area contributed by atoms with Crippen LogP contribution in [0.15, 0.2) is 48.5 Å². The molecule has 0 bridgehead atoms. The molecule has 5 nitrogen and oxygen atoms in total. The van der Waals surface area contributed by atoms with Crippen molar-refractivity contribution in [2.24, 2.45) is 0 Å². The lowest BCUT2D eigenvalue weighted by Crippen LogP contribution is -2.49. The Morgan fingerprint density at radius 2 is 1.63 bits per heavy atom. The standard InChI is InChI=1S/C24H31ClN2O3/c1-24(2,30-21-13-9-19(25)10-14-21)23(28)26-17-22(27-15-5-4-6-16-27)18-7-11-20(29-3)12-8-18/h7-14,22H,4-6,15-17H2,1-3H3,(H,26,28)/t22-/m0/s1. The van der Waals surface area contributed by atoms with Crippen molar-refractivity contribution in [3.8, 4) is 11.5 Å². The summed E-state index contributed by atoms with van der Waals surface area (Å²) in [6.07, 6.45) is 3.64. The summed E-state index contributed by atoms with van der Waals surface area (Å²) in [6.45, 7) is 6.16. The number of likely N-dealkylation sites (tertiary alicyclic amines) is 1. The van der Waals surface area contributed by atoms with Gasteiger partial charge in [0.1, 0.15) is 11.5 Å². The van der Waals surface area contributed by atoms with Crippen molar-refractivity contribution in [3.63, 3.8) is 0 Å². The molecule has 6 heteroatoms. The SMILES string of the molecule is COc1ccc([C@H](CNC(=O)C(C)(C)Oc2ccc(Cl)cc2)N2CCCCC2)cc1.